The van der Waals surface area contributed by atoms with E-state index in [9.17, 15) is 23.1 Å². The highest BCUT2D eigenvalue weighted by Gasteiger charge is 2.30. The van der Waals surface area contributed by atoms with E-state index in [-0.39, 0.29) is 22.8 Å². The minimum atomic E-state index is -4.14. The van der Waals surface area contributed by atoms with Gasteiger partial charge in [0.1, 0.15) is 10.6 Å². The molecule has 0 unspecified atom stereocenters. The first-order chi connectivity index (χ1) is 16.7. The minimum Gasteiger partial charge on any atom is -0.495 e. The maximum atomic E-state index is 13.6. The summed E-state index contributed by atoms with van der Waals surface area (Å²) in [4.78, 5) is 23.9. The van der Waals surface area contributed by atoms with Gasteiger partial charge in [-0.15, -0.1) is 0 Å². The maximum absolute atomic E-state index is 13.6. The summed E-state index contributed by atoms with van der Waals surface area (Å²) in [5, 5.41) is 13.1. The zero-order valence-electron chi connectivity index (χ0n) is 19.2. The van der Waals surface area contributed by atoms with Crippen LogP contribution in [-0.4, -0.2) is 49.6 Å². The lowest BCUT2D eigenvalue weighted by molar-refractivity contribution is -0.121. The van der Waals surface area contributed by atoms with Crippen molar-refractivity contribution in [2.24, 2.45) is 5.10 Å². The highest BCUT2D eigenvalue weighted by Crippen LogP contribution is 2.28. The molecule has 2 N–H and O–H groups in total. The second-order valence-corrected chi connectivity index (χ2v) is 9.50. The van der Waals surface area contributed by atoms with E-state index in [0.29, 0.717) is 11.1 Å². The summed E-state index contributed by atoms with van der Waals surface area (Å²) >= 11 is 0. The molecule has 0 radical (unpaired) electrons. The number of hydrazone groups is 1. The van der Waals surface area contributed by atoms with Gasteiger partial charge >= 0.3 is 5.97 Å². The molecule has 182 valence electrons. The second-order valence-electron chi connectivity index (χ2n) is 7.60. The van der Waals surface area contributed by atoms with Gasteiger partial charge in [-0.25, -0.2) is 18.6 Å². The summed E-state index contributed by atoms with van der Waals surface area (Å²) in [5.41, 5.74) is 3.99. The zero-order chi connectivity index (χ0) is 25.4. The van der Waals surface area contributed by atoms with Gasteiger partial charge in [0.25, 0.3) is 5.91 Å². The van der Waals surface area contributed by atoms with E-state index in [1.54, 1.807) is 55.5 Å². The number of carbonyl (C=O) groups is 2. The van der Waals surface area contributed by atoms with E-state index in [1.165, 1.54) is 31.5 Å². The number of carboxylic acids is 1. The number of carboxylic acid groups (broad SMARTS) is 1. The first kappa shape index (κ1) is 25.6. The van der Waals surface area contributed by atoms with Crippen molar-refractivity contribution in [1.82, 2.24) is 9.73 Å². The predicted octanol–water partition coefficient (Wildman–Crippen LogP) is 3.04. The molecule has 0 aromatic heterocycles. The molecule has 3 aromatic carbocycles. The summed E-state index contributed by atoms with van der Waals surface area (Å²) < 4.78 is 33.5. The maximum Gasteiger partial charge on any atom is 0.336 e. The standard InChI is InChI=1S/C25H25N3O6S/c1-18-12-13-22(34-2)23(14-18)35(32,33)28(16-19-8-4-3-5-9-19)17-24(29)27-26-15-20-10-6-7-11-21(20)25(30)31/h3-15H,16-17H2,1-2H3,(H,27,29)(H,30,31)/b26-15+. The first-order valence-electron chi connectivity index (χ1n) is 10.6. The number of aryl methyl sites for hydroxylation is 1. The van der Waals surface area contributed by atoms with Gasteiger partial charge in [0.2, 0.25) is 10.0 Å². The Balaban J connectivity index is 1.86. The number of methoxy groups -OCH3 is 1. The average Bonchev–Trinajstić information content (AvgIpc) is 2.84. The minimum absolute atomic E-state index is 0.0188. The van der Waals surface area contributed by atoms with Crippen LogP contribution in [0, 0.1) is 6.92 Å². The summed E-state index contributed by atoms with van der Waals surface area (Å²) in [7, 11) is -2.76. The largest absolute Gasteiger partial charge is 0.495 e. The van der Waals surface area contributed by atoms with Gasteiger partial charge in [-0.1, -0.05) is 54.6 Å². The summed E-state index contributed by atoms with van der Waals surface area (Å²) in [5.74, 6) is -1.66. The van der Waals surface area contributed by atoms with Gasteiger partial charge in [0.05, 0.1) is 25.4 Å². The lowest BCUT2D eigenvalue weighted by atomic mass is 10.1. The Labute approximate surface area is 203 Å². The Morgan fingerprint density at radius 2 is 1.74 bits per heavy atom. The lowest BCUT2D eigenvalue weighted by Crippen LogP contribution is -2.39. The number of nitrogens with one attached hydrogen (secondary N) is 1. The first-order valence-corrected chi connectivity index (χ1v) is 12.0. The van der Waals surface area contributed by atoms with Crippen molar-refractivity contribution in [2.75, 3.05) is 13.7 Å². The van der Waals surface area contributed by atoms with Crippen LogP contribution in [0.1, 0.15) is 27.0 Å². The summed E-state index contributed by atoms with van der Waals surface area (Å²) in [6.45, 7) is 1.18. The van der Waals surface area contributed by atoms with E-state index in [0.717, 1.165) is 9.87 Å². The molecule has 0 aliphatic carbocycles. The topological polar surface area (TPSA) is 125 Å². The third-order valence-corrected chi connectivity index (χ3v) is 6.86. The highest BCUT2D eigenvalue weighted by molar-refractivity contribution is 7.89. The van der Waals surface area contributed by atoms with Crippen LogP contribution in [0.15, 0.2) is 82.8 Å². The van der Waals surface area contributed by atoms with Crippen molar-refractivity contribution in [3.63, 3.8) is 0 Å². The van der Waals surface area contributed by atoms with E-state index in [4.69, 9.17) is 4.74 Å². The smallest absolute Gasteiger partial charge is 0.336 e. The van der Waals surface area contributed by atoms with Crippen LogP contribution >= 0.6 is 0 Å². The lowest BCUT2D eigenvalue weighted by Gasteiger charge is -2.23. The molecule has 0 heterocycles. The van der Waals surface area contributed by atoms with Crippen LogP contribution in [-0.2, 0) is 21.4 Å². The Kier molecular flexibility index (Phi) is 8.34. The molecule has 1 amide bonds. The van der Waals surface area contributed by atoms with Crippen molar-refractivity contribution in [3.05, 3.63) is 95.1 Å². The SMILES string of the molecule is COc1ccc(C)cc1S(=O)(=O)N(CC(=O)N/N=C/c1ccccc1C(=O)O)Cc1ccccc1. The van der Waals surface area contributed by atoms with Crippen molar-refractivity contribution >= 4 is 28.1 Å². The molecule has 0 spiro atoms. The molecule has 0 saturated heterocycles. The fourth-order valence-electron chi connectivity index (χ4n) is 3.31. The van der Waals surface area contributed by atoms with Crippen LogP contribution < -0.4 is 10.2 Å². The Bertz CT molecular complexity index is 1340. The van der Waals surface area contributed by atoms with Crippen LogP contribution in [0.2, 0.25) is 0 Å². The third kappa shape index (κ3) is 6.52. The van der Waals surface area contributed by atoms with Gasteiger partial charge in [-0.3, -0.25) is 4.79 Å². The molecule has 3 rings (SSSR count). The van der Waals surface area contributed by atoms with Crippen molar-refractivity contribution in [2.45, 2.75) is 18.4 Å². The molecule has 0 fully saturated rings. The number of ether oxygens (including phenoxy) is 1. The number of aromatic carboxylic acids is 1. The van der Waals surface area contributed by atoms with Crippen LogP contribution in [0.25, 0.3) is 0 Å². The fourth-order valence-corrected chi connectivity index (χ4v) is 4.94. The zero-order valence-corrected chi connectivity index (χ0v) is 20.0. The molecule has 3 aromatic rings. The van der Waals surface area contributed by atoms with Gasteiger partial charge in [0, 0.05) is 12.1 Å². The molecule has 35 heavy (non-hydrogen) atoms. The van der Waals surface area contributed by atoms with Crippen molar-refractivity contribution < 1.29 is 27.9 Å². The number of nitrogens with zero attached hydrogens (tertiary/aromatic N) is 2. The summed E-state index contributed by atoms with van der Waals surface area (Å²) in [6.07, 6.45) is 1.20. The molecule has 0 saturated carbocycles. The fraction of sp³-hybridized carbons (Fsp3) is 0.160. The number of rotatable bonds is 10. The molecular formula is C25H25N3O6S. The van der Waals surface area contributed by atoms with E-state index in [1.807, 2.05) is 6.07 Å². The quantitative estimate of drug-likeness (QED) is 0.329. The van der Waals surface area contributed by atoms with E-state index in [2.05, 4.69) is 10.5 Å². The van der Waals surface area contributed by atoms with Gasteiger partial charge in [0.15, 0.2) is 0 Å². The Morgan fingerprint density at radius 1 is 1.06 bits per heavy atom. The summed E-state index contributed by atoms with van der Waals surface area (Å²) in [6, 6.07) is 19.8. The van der Waals surface area contributed by atoms with Gasteiger partial charge in [-0.2, -0.15) is 9.41 Å². The highest BCUT2D eigenvalue weighted by atomic mass is 32.2. The number of sulfonamides is 1. The number of amides is 1. The number of benzene rings is 3. The molecule has 0 aliphatic rings. The molecule has 0 bridgehead atoms. The van der Waals surface area contributed by atoms with E-state index < -0.39 is 28.4 Å². The van der Waals surface area contributed by atoms with Gasteiger partial charge < -0.3 is 9.84 Å². The number of hydrogen-bond donors (Lipinski definition) is 2. The number of hydrogen-bond acceptors (Lipinski definition) is 6. The second kappa shape index (κ2) is 11.4. The number of carbonyl (C=O) groups excluding carboxylic acids is 1. The molecule has 10 heteroatoms. The molecule has 0 atom stereocenters. The molecular weight excluding hydrogens is 470 g/mol. The van der Waals surface area contributed by atoms with Crippen LogP contribution in [0.5, 0.6) is 5.75 Å². The van der Waals surface area contributed by atoms with E-state index >= 15 is 0 Å². The van der Waals surface area contributed by atoms with Crippen LogP contribution in [0.4, 0.5) is 0 Å². The van der Waals surface area contributed by atoms with Crippen molar-refractivity contribution in [1.29, 1.82) is 0 Å². The monoisotopic (exact) mass is 495 g/mol. The normalized spacial score (nSPS) is 11.5. The third-order valence-electron chi connectivity index (χ3n) is 5.04. The Hall–Kier alpha value is -4.02. The molecule has 0 aliphatic heterocycles. The van der Waals surface area contributed by atoms with Gasteiger partial charge in [-0.05, 0) is 36.2 Å². The van der Waals surface area contributed by atoms with Crippen LogP contribution in [0.3, 0.4) is 0 Å². The van der Waals surface area contributed by atoms with Crippen molar-refractivity contribution in [3.8, 4) is 5.75 Å². The Morgan fingerprint density at radius 3 is 2.43 bits per heavy atom. The molecule has 9 nitrogen and oxygen atoms in total. The average molecular weight is 496 g/mol. The predicted molar refractivity (Wildman–Crippen MR) is 131 cm³/mol.